The average molecular weight is 306 g/mol. The second kappa shape index (κ2) is 11.7. The second-order valence-corrected chi connectivity index (χ2v) is 5.52. The molecular weight excluding hydrogens is 278 g/mol. The van der Waals surface area contributed by atoms with Crippen LogP contribution in [0.25, 0.3) is 0 Å². The highest BCUT2D eigenvalue weighted by Gasteiger charge is 2.09. The van der Waals surface area contributed by atoms with Crippen molar-refractivity contribution in [3.63, 3.8) is 0 Å². The number of rotatable bonds is 10. The van der Waals surface area contributed by atoms with Gasteiger partial charge in [0.1, 0.15) is 0 Å². The molecule has 0 saturated carbocycles. The van der Waals surface area contributed by atoms with Gasteiger partial charge in [-0.05, 0) is 6.42 Å². The van der Waals surface area contributed by atoms with E-state index in [1.165, 1.54) is 32.1 Å². The Kier molecular flexibility index (Phi) is 9.66. The van der Waals surface area contributed by atoms with Crippen LogP contribution < -0.4 is 15.4 Å². The summed E-state index contributed by atoms with van der Waals surface area (Å²) in [5, 5.41) is 0. The summed E-state index contributed by atoms with van der Waals surface area (Å²) in [5.41, 5.74) is 4.90. The van der Waals surface area contributed by atoms with Crippen molar-refractivity contribution >= 4 is 11.8 Å². The lowest BCUT2D eigenvalue weighted by Crippen LogP contribution is -2.48. The van der Waals surface area contributed by atoms with E-state index in [0.717, 1.165) is 12.8 Å². The normalized spacial score (nSPS) is 10.2. The molecule has 0 aliphatic rings. The van der Waals surface area contributed by atoms with Crippen LogP contribution in [0, 0.1) is 0 Å². The third-order valence-corrected chi connectivity index (χ3v) is 3.45. The largest absolute Gasteiger partial charge is 0.304 e. The minimum absolute atomic E-state index is 0.125. The number of nitrogens with zero attached hydrogens (tertiary/aromatic N) is 1. The van der Waals surface area contributed by atoms with E-state index in [1.54, 1.807) is 17.0 Å². The van der Waals surface area contributed by atoms with Crippen molar-refractivity contribution in [3.8, 4) is 0 Å². The van der Waals surface area contributed by atoms with Crippen LogP contribution in [0.4, 0.5) is 0 Å². The summed E-state index contributed by atoms with van der Waals surface area (Å²) in [7, 11) is 0. The zero-order valence-electron chi connectivity index (χ0n) is 13.5. The van der Waals surface area contributed by atoms with E-state index in [1.807, 2.05) is 18.2 Å². The van der Waals surface area contributed by atoms with Crippen molar-refractivity contribution < 1.29 is 14.2 Å². The molecule has 1 rings (SSSR count). The minimum atomic E-state index is -0.232. The minimum Gasteiger partial charge on any atom is -0.273 e. The maximum absolute atomic E-state index is 11.6. The Bertz CT molecular complexity index is 435. The first kappa shape index (κ1) is 18.1. The molecule has 5 nitrogen and oxygen atoms in total. The molecule has 1 aromatic heterocycles. The molecule has 22 heavy (non-hydrogen) atoms. The Morgan fingerprint density at radius 2 is 1.41 bits per heavy atom. The lowest BCUT2D eigenvalue weighted by molar-refractivity contribution is -0.684. The fourth-order valence-electron chi connectivity index (χ4n) is 2.19. The smallest absolute Gasteiger partial charge is 0.273 e. The molecule has 1 heterocycles. The lowest BCUT2D eigenvalue weighted by Gasteiger charge is -2.06. The van der Waals surface area contributed by atoms with Gasteiger partial charge in [0.25, 0.3) is 0 Å². The molecule has 0 atom stereocenters. The molecular formula is C17H28N3O2+. The quantitative estimate of drug-likeness (QED) is 0.396. The summed E-state index contributed by atoms with van der Waals surface area (Å²) in [4.78, 5) is 23.2. The van der Waals surface area contributed by atoms with Crippen molar-refractivity contribution in [2.45, 2.75) is 64.8 Å². The van der Waals surface area contributed by atoms with E-state index in [-0.39, 0.29) is 18.4 Å². The van der Waals surface area contributed by atoms with E-state index < -0.39 is 0 Å². The van der Waals surface area contributed by atoms with Crippen LogP contribution in [-0.2, 0) is 16.1 Å². The molecule has 0 fully saturated rings. The van der Waals surface area contributed by atoms with Gasteiger partial charge in [-0.3, -0.25) is 20.4 Å². The van der Waals surface area contributed by atoms with E-state index in [4.69, 9.17) is 0 Å². The molecule has 0 aliphatic heterocycles. The number of nitrogens with one attached hydrogen (secondary N) is 2. The van der Waals surface area contributed by atoms with Crippen molar-refractivity contribution in [1.29, 1.82) is 0 Å². The fraction of sp³-hybridized carbons (Fsp3) is 0.588. The molecule has 0 aromatic carbocycles. The first-order chi connectivity index (χ1) is 10.7. The Hall–Kier alpha value is -1.91. The summed E-state index contributed by atoms with van der Waals surface area (Å²) in [5.74, 6) is -0.357. The van der Waals surface area contributed by atoms with Gasteiger partial charge in [0.05, 0.1) is 0 Å². The summed E-state index contributed by atoms with van der Waals surface area (Å²) < 4.78 is 1.75. The SMILES string of the molecule is CCCCCCCCCC(=O)NNC(=O)C[n+]1ccccc1. The van der Waals surface area contributed by atoms with Gasteiger partial charge in [-0.2, -0.15) is 4.57 Å². The van der Waals surface area contributed by atoms with Gasteiger partial charge in [0.2, 0.25) is 12.5 Å². The highest BCUT2D eigenvalue weighted by Crippen LogP contribution is 2.07. The summed E-state index contributed by atoms with van der Waals surface area (Å²) >= 11 is 0. The Balaban J connectivity index is 2.02. The maximum Gasteiger partial charge on any atom is 0.304 e. The van der Waals surface area contributed by atoms with Crippen molar-refractivity contribution in [3.05, 3.63) is 30.6 Å². The van der Waals surface area contributed by atoms with Gasteiger partial charge in [0.15, 0.2) is 12.4 Å². The van der Waals surface area contributed by atoms with E-state index in [2.05, 4.69) is 17.8 Å². The van der Waals surface area contributed by atoms with E-state index >= 15 is 0 Å². The van der Waals surface area contributed by atoms with E-state index in [0.29, 0.717) is 6.42 Å². The van der Waals surface area contributed by atoms with Gasteiger partial charge in [-0.25, -0.2) is 0 Å². The van der Waals surface area contributed by atoms with Crippen LogP contribution in [0.2, 0.25) is 0 Å². The Labute approximate surface area is 133 Å². The van der Waals surface area contributed by atoms with Gasteiger partial charge in [-0.1, -0.05) is 51.5 Å². The third-order valence-electron chi connectivity index (χ3n) is 3.45. The number of unbranched alkanes of at least 4 members (excludes halogenated alkanes) is 6. The molecule has 1 aromatic rings. The van der Waals surface area contributed by atoms with Gasteiger partial charge in [0, 0.05) is 18.6 Å². The molecule has 0 unspecified atom stereocenters. The topological polar surface area (TPSA) is 62.1 Å². The summed E-state index contributed by atoms with van der Waals surface area (Å²) in [6, 6.07) is 5.59. The molecule has 2 N–H and O–H groups in total. The summed E-state index contributed by atoms with van der Waals surface area (Å²) in [6.45, 7) is 2.40. The van der Waals surface area contributed by atoms with Crippen molar-refractivity contribution in [2.75, 3.05) is 0 Å². The number of hydrazine groups is 1. The first-order valence-corrected chi connectivity index (χ1v) is 8.24. The predicted molar refractivity (Wildman–Crippen MR) is 85.5 cm³/mol. The van der Waals surface area contributed by atoms with Crippen LogP contribution in [0.5, 0.6) is 0 Å². The number of aromatic nitrogens is 1. The Morgan fingerprint density at radius 1 is 0.818 bits per heavy atom. The van der Waals surface area contributed by atoms with Crippen molar-refractivity contribution in [1.82, 2.24) is 10.9 Å². The van der Waals surface area contributed by atoms with Gasteiger partial charge >= 0.3 is 5.91 Å². The van der Waals surface area contributed by atoms with Crippen LogP contribution in [-0.4, -0.2) is 11.8 Å². The molecule has 122 valence electrons. The molecule has 0 radical (unpaired) electrons. The molecule has 0 spiro atoms. The zero-order valence-corrected chi connectivity index (χ0v) is 13.5. The molecule has 0 aliphatic carbocycles. The zero-order chi connectivity index (χ0) is 16.0. The van der Waals surface area contributed by atoms with Crippen molar-refractivity contribution in [2.24, 2.45) is 0 Å². The molecule has 0 saturated heterocycles. The van der Waals surface area contributed by atoms with Gasteiger partial charge < -0.3 is 0 Å². The predicted octanol–water partition coefficient (Wildman–Crippen LogP) is 2.26. The monoisotopic (exact) mass is 306 g/mol. The second-order valence-electron chi connectivity index (χ2n) is 5.52. The number of hydrogen-bond acceptors (Lipinski definition) is 2. The lowest BCUT2D eigenvalue weighted by atomic mass is 10.1. The molecule has 2 amide bonds. The third kappa shape index (κ3) is 9.10. The number of carbonyl (C=O) groups is 2. The highest BCUT2D eigenvalue weighted by molar-refractivity contribution is 5.81. The summed E-state index contributed by atoms with van der Waals surface area (Å²) in [6.07, 6.45) is 12.3. The standard InChI is InChI=1S/C17H27N3O2/c1-2-3-4-5-6-7-9-12-16(21)18-19-17(22)15-20-13-10-8-11-14-20/h8,10-11,13-14H,2-7,9,12,15H2,1H3,(H-,18,19,21,22)/p+1. The molecule has 0 bridgehead atoms. The average Bonchev–Trinajstić information content (AvgIpc) is 2.53. The van der Waals surface area contributed by atoms with Crippen LogP contribution in [0.15, 0.2) is 30.6 Å². The Morgan fingerprint density at radius 3 is 2.09 bits per heavy atom. The number of carbonyl (C=O) groups excluding carboxylic acids is 2. The fourth-order valence-corrected chi connectivity index (χ4v) is 2.19. The highest BCUT2D eigenvalue weighted by atomic mass is 16.2. The number of amides is 2. The molecule has 5 heteroatoms. The van der Waals surface area contributed by atoms with Crippen LogP contribution in [0.1, 0.15) is 58.3 Å². The van der Waals surface area contributed by atoms with Crippen LogP contribution in [0.3, 0.4) is 0 Å². The first-order valence-electron chi connectivity index (χ1n) is 8.24. The maximum atomic E-state index is 11.6. The van der Waals surface area contributed by atoms with Gasteiger partial charge in [-0.15, -0.1) is 0 Å². The van der Waals surface area contributed by atoms with Crippen LogP contribution >= 0.6 is 0 Å². The number of pyridine rings is 1. The number of hydrogen-bond donors (Lipinski definition) is 2. The van der Waals surface area contributed by atoms with E-state index in [9.17, 15) is 9.59 Å².